The number of rotatable bonds is 8. The zero-order valence-electron chi connectivity index (χ0n) is 14.6. The van der Waals surface area contributed by atoms with Gasteiger partial charge in [0.05, 0.1) is 14.2 Å². The van der Waals surface area contributed by atoms with Crippen LogP contribution in [-0.4, -0.2) is 41.4 Å². The summed E-state index contributed by atoms with van der Waals surface area (Å²) in [6, 6.07) is 8.27. The fourth-order valence-electron chi connectivity index (χ4n) is 2.24. The molecule has 0 fully saturated rings. The number of nitrogens with zero attached hydrogens (tertiary/aromatic N) is 1. The first-order valence-corrected chi connectivity index (χ1v) is 8.49. The summed E-state index contributed by atoms with van der Waals surface area (Å²) in [4.78, 5) is 4.00. The number of aliphatic imine (C=N–C) groups is 1. The molecule has 0 spiro atoms. The van der Waals surface area contributed by atoms with Crippen molar-refractivity contribution in [2.24, 2.45) is 4.99 Å². The van der Waals surface area contributed by atoms with E-state index >= 15 is 0 Å². The normalized spacial score (nSPS) is 11.4. The number of hydrogen-bond donors (Lipinski definition) is 0. The Bertz CT molecular complexity index is 752. The molecule has 2 aromatic carbocycles. The van der Waals surface area contributed by atoms with Crippen molar-refractivity contribution in [1.82, 2.24) is 0 Å². The Balaban J connectivity index is 2.50. The zero-order valence-corrected chi connectivity index (χ0v) is 15.6. The van der Waals surface area contributed by atoms with Gasteiger partial charge in [0.2, 0.25) is 0 Å². The molecule has 2 rings (SSSR count). The molecule has 2 aromatic rings. The van der Waals surface area contributed by atoms with Gasteiger partial charge in [-0.25, -0.2) is 4.39 Å². The molecule has 134 valence electrons. The van der Waals surface area contributed by atoms with Crippen LogP contribution in [-0.2, 0) is 4.74 Å². The van der Waals surface area contributed by atoms with E-state index in [4.69, 9.17) is 18.9 Å². The number of hydrogen-bond acceptors (Lipinski definition) is 5. The highest BCUT2D eigenvalue weighted by Gasteiger charge is 2.16. The van der Waals surface area contributed by atoms with Crippen LogP contribution in [0, 0.1) is 5.82 Å². The van der Waals surface area contributed by atoms with Gasteiger partial charge in [-0.3, -0.25) is 4.99 Å². The van der Waals surface area contributed by atoms with Gasteiger partial charge in [-0.2, -0.15) is 0 Å². The van der Waals surface area contributed by atoms with E-state index in [1.165, 1.54) is 12.1 Å². The third-order valence-electron chi connectivity index (χ3n) is 3.36. The standard InChI is InChI=1S/C18H21FNO4P/c1-20-10-12-7-13(19)5-6-16(12)25-17-9-14(22-3)8-15(23-4)18(17)24-11-21-2/h5-10,25H,11H2,1-4H3. The molecular weight excluding hydrogens is 344 g/mol. The van der Waals surface area contributed by atoms with Crippen molar-refractivity contribution in [3.8, 4) is 17.2 Å². The predicted octanol–water partition coefficient (Wildman–Crippen LogP) is 2.50. The monoisotopic (exact) mass is 365 g/mol. The smallest absolute Gasteiger partial charge is 0.188 e. The summed E-state index contributed by atoms with van der Waals surface area (Å²) in [5.41, 5.74) is 0.723. The van der Waals surface area contributed by atoms with Gasteiger partial charge >= 0.3 is 0 Å². The summed E-state index contributed by atoms with van der Waals surface area (Å²) in [7, 11) is 6.55. The topological polar surface area (TPSA) is 49.3 Å². The van der Waals surface area contributed by atoms with Gasteiger partial charge in [0, 0.05) is 37.3 Å². The second-order valence-corrected chi connectivity index (χ2v) is 6.33. The number of methoxy groups -OCH3 is 3. The molecule has 0 amide bonds. The molecule has 1 atom stereocenters. The lowest BCUT2D eigenvalue weighted by Gasteiger charge is -2.17. The van der Waals surface area contributed by atoms with Crippen LogP contribution in [0.2, 0.25) is 0 Å². The highest BCUT2D eigenvalue weighted by Crippen LogP contribution is 2.34. The zero-order chi connectivity index (χ0) is 18.2. The first-order chi connectivity index (χ1) is 12.1. The Labute approximate surface area is 148 Å². The van der Waals surface area contributed by atoms with Gasteiger partial charge in [0.1, 0.15) is 11.6 Å². The van der Waals surface area contributed by atoms with Gasteiger partial charge in [-0.15, -0.1) is 0 Å². The molecule has 0 saturated heterocycles. The summed E-state index contributed by atoms with van der Waals surface area (Å²) in [6.07, 6.45) is 1.64. The lowest BCUT2D eigenvalue weighted by molar-refractivity contribution is 0.0499. The van der Waals surface area contributed by atoms with Crippen molar-refractivity contribution < 1.29 is 23.3 Å². The molecule has 0 aliphatic carbocycles. The fourth-order valence-corrected chi connectivity index (χ4v) is 3.51. The SMILES string of the molecule is CN=Cc1cc(F)ccc1Pc1cc(OC)cc(OC)c1OCOC. The lowest BCUT2D eigenvalue weighted by Crippen LogP contribution is -2.14. The van der Waals surface area contributed by atoms with Gasteiger partial charge in [0.15, 0.2) is 18.3 Å². The molecular formula is C18H21FNO4P. The molecule has 0 radical (unpaired) electrons. The van der Waals surface area contributed by atoms with Crippen LogP contribution in [0.1, 0.15) is 5.56 Å². The van der Waals surface area contributed by atoms with Crippen molar-refractivity contribution in [2.45, 2.75) is 0 Å². The average molecular weight is 365 g/mol. The molecule has 0 aliphatic heterocycles. The first kappa shape index (κ1) is 19.2. The summed E-state index contributed by atoms with van der Waals surface area (Å²) in [6.45, 7) is 0.0901. The second kappa shape index (κ2) is 9.35. The van der Waals surface area contributed by atoms with Crippen LogP contribution in [0.5, 0.6) is 17.2 Å². The Morgan fingerprint density at radius 1 is 1.08 bits per heavy atom. The quantitative estimate of drug-likeness (QED) is 0.410. The third kappa shape index (κ3) is 4.91. The third-order valence-corrected chi connectivity index (χ3v) is 4.72. The maximum Gasteiger partial charge on any atom is 0.188 e. The molecule has 0 bridgehead atoms. The number of halogens is 1. The highest BCUT2D eigenvalue weighted by atomic mass is 31.1. The van der Waals surface area contributed by atoms with Crippen LogP contribution in [0.25, 0.3) is 0 Å². The van der Waals surface area contributed by atoms with Gasteiger partial charge in [0.25, 0.3) is 0 Å². The van der Waals surface area contributed by atoms with Gasteiger partial charge in [-0.1, -0.05) is 14.6 Å². The number of benzene rings is 2. The van der Waals surface area contributed by atoms with Crippen LogP contribution in [0.15, 0.2) is 35.3 Å². The van der Waals surface area contributed by atoms with E-state index in [0.29, 0.717) is 17.2 Å². The number of ether oxygens (including phenoxy) is 4. The first-order valence-electron chi connectivity index (χ1n) is 7.49. The lowest BCUT2D eigenvalue weighted by atomic mass is 10.2. The van der Waals surface area contributed by atoms with Crippen LogP contribution in [0.3, 0.4) is 0 Å². The van der Waals surface area contributed by atoms with Crippen molar-refractivity contribution in [3.05, 3.63) is 41.7 Å². The fraction of sp³-hybridized carbons (Fsp3) is 0.278. The van der Waals surface area contributed by atoms with E-state index in [2.05, 4.69) is 4.99 Å². The molecule has 0 saturated carbocycles. The molecule has 7 heteroatoms. The predicted molar refractivity (Wildman–Crippen MR) is 99.6 cm³/mol. The summed E-state index contributed by atoms with van der Waals surface area (Å²) in [5, 5.41) is 1.80. The minimum absolute atomic E-state index is 0.0901. The van der Waals surface area contributed by atoms with Crippen molar-refractivity contribution in [3.63, 3.8) is 0 Å². The van der Waals surface area contributed by atoms with Crippen LogP contribution < -0.4 is 24.8 Å². The minimum Gasteiger partial charge on any atom is -0.497 e. The van der Waals surface area contributed by atoms with E-state index in [1.54, 1.807) is 46.7 Å². The van der Waals surface area contributed by atoms with Crippen molar-refractivity contribution in [1.29, 1.82) is 0 Å². The summed E-state index contributed by atoms with van der Waals surface area (Å²) < 4.78 is 35.0. The maximum atomic E-state index is 13.6. The molecule has 25 heavy (non-hydrogen) atoms. The Hall–Kier alpha value is -2.17. The molecule has 1 unspecified atom stereocenters. The summed E-state index contributed by atoms with van der Waals surface area (Å²) >= 11 is 0. The molecule has 5 nitrogen and oxygen atoms in total. The van der Waals surface area contributed by atoms with E-state index in [9.17, 15) is 4.39 Å². The van der Waals surface area contributed by atoms with Crippen LogP contribution in [0.4, 0.5) is 4.39 Å². The van der Waals surface area contributed by atoms with E-state index in [1.807, 2.05) is 6.07 Å². The van der Waals surface area contributed by atoms with E-state index in [-0.39, 0.29) is 21.2 Å². The summed E-state index contributed by atoms with van der Waals surface area (Å²) in [5.74, 6) is 1.47. The van der Waals surface area contributed by atoms with Gasteiger partial charge < -0.3 is 18.9 Å². The maximum absolute atomic E-state index is 13.6. The largest absolute Gasteiger partial charge is 0.497 e. The van der Waals surface area contributed by atoms with E-state index < -0.39 is 0 Å². The molecule has 0 heterocycles. The molecule has 0 aromatic heterocycles. The Morgan fingerprint density at radius 2 is 1.88 bits per heavy atom. The second-order valence-electron chi connectivity index (χ2n) is 5.00. The molecule has 0 aliphatic rings. The van der Waals surface area contributed by atoms with Crippen molar-refractivity contribution >= 4 is 25.4 Å². The Kier molecular flexibility index (Phi) is 7.16. The van der Waals surface area contributed by atoms with Gasteiger partial charge in [-0.05, 0) is 23.5 Å². The van der Waals surface area contributed by atoms with E-state index in [0.717, 1.165) is 16.2 Å². The Morgan fingerprint density at radius 3 is 2.52 bits per heavy atom. The van der Waals surface area contributed by atoms with Crippen LogP contribution >= 0.6 is 8.58 Å². The highest BCUT2D eigenvalue weighted by molar-refractivity contribution is 7.56. The average Bonchev–Trinajstić information content (AvgIpc) is 2.62. The van der Waals surface area contributed by atoms with Crippen molar-refractivity contribution in [2.75, 3.05) is 35.2 Å². The minimum atomic E-state index is -0.303. The molecule has 0 N–H and O–H groups in total.